The van der Waals surface area contributed by atoms with Gasteiger partial charge in [-0.3, -0.25) is 15.0 Å². The lowest BCUT2D eigenvalue weighted by atomic mass is 10.2. The van der Waals surface area contributed by atoms with Crippen molar-refractivity contribution in [2.24, 2.45) is 5.73 Å². The monoisotopic (exact) mass is 338 g/mol. The topological polar surface area (TPSA) is 80.0 Å². The Kier molecular flexibility index (Phi) is 4.15. The highest BCUT2D eigenvalue weighted by molar-refractivity contribution is 5.75. The van der Waals surface area contributed by atoms with E-state index in [1.54, 1.807) is 18.6 Å². The summed E-state index contributed by atoms with van der Waals surface area (Å²) in [6.45, 7) is 1.95. The molecule has 1 saturated heterocycles. The van der Waals surface area contributed by atoms with Crippen molar-refractivity contribution >= 4 is 22.4 Å². The van der Waals surface area contributed by atoms with Gasteiger partial charge in [-0.1, -0.05) is 6.07 Å². The first kappa shape index (κ1) is 15.7. The lowest BCUT2D eigenvalue weighted by Gasteiger charge is -2.22. The summed E-state index contributed by atoms with van der Waals surface area (Å²) in [6.07, 6.45) is 7.11. The van der Waals surface area contributed by atoms with Crippen LogP contribution in [-0.2, 0) is 6.54 Å². The Hall–Kier alpha value is -2.80. The zero-order chi connectivity index (χ0) is 17.2. The Balaban J connectivity index is 1.57. The predicted molar refractivity (Wildman–Crippen MR) is 95.9 cm³/mol. The molecule has 1 aromatic carbocycles. The summed E-state index contributed by atoms with van der Waals surface area (Å²) in [5.41, 5.74) is 9.92. The van der Waals surface area contributed by atoms with Crippen LogP contribution >= 0.6 is 0 Å². The third kappa shape index (κ3) is 3.23. The highest BCUT2D eigenvalue weighted by atomic mass is 19.1. The number of nitrogens with one attached hydrogen (secondary N) is 1. The molecule has 0 spiro atoms. The maximum Gasteiger partial charge on any atom is 0.166 e. The van der Waals surface area contributed by atoms with Crippen LogP contribution < -0.4 is 16.0 Å². The Bertz CT molecular complexity index is 900. The van der Waals surface area contributed by atoms with E-state index in [0.717, 1.165) is 29.6 Å². The molecule has 3 heterocycles. The molecule has 0 radical (unpaired) electrons. The zero-order valence-electron chi connectivity index (χ0n) is 13.7. The van der Waals surface area contributed by atoms with Crippen LogP contribution in [0.4, 0.5) is 15.8 Å². The molecular formula is C18H19FN6. The van der Waals surface area contributed by atoms with Crippen molar-refractivity contribution in [2.45, 2.75) is 19.0 Å². The largest absolute Gasteiger partial charge is 0.378 e. The minimum Gasteiger partial charge on any atom is -0.378 e. The highest BCUT2D eigenvalue weighted by Crippen LogP contribution is 2.31. The first-order valence-corrected chi connectivity index (χ1v) is 8.28. The average Bonchev–Trinajstić information content (AvgIpc) is 3.05. The lowest BCUT2D eigenvalue weighted by molar-refractivity contribution is 0.616. The summed E-state index contributed by atoms with van der Waals surface area (Å²) in [6, 6.07) is 5.98. The smallest absolute Gasteiger partial charge is 0.166 e. The summed E-state index contributed by atoms with van der Waals surface area (Å²) in [4.78, 5) is 14.5. The van der Waals surface area contributed by atoms with Crippen molar-refractivity contribution in [1.82, 2.24) is 15.0 Å². The van der Waals surface area contributed by atoms with E-state index in [4.69, 9.17) is 5.73 Å². The SMILES string of the molecule is NC1CCN(c2c(F)cncc2NCc2ccc3nccnc3c2)C1. The fraction of sp³-hybridized carbons (Fsp3) is 0.278. The number of nitrogens with zero attached hydrogens (tertiary/aromatic N) is 4. The van der Waals surface area contributed by atoms with E-state index in [9.17, 15) is 4.39 Å². The van der Waals surface area contributed by atoms with Crippen LogP contribution in [-0.4, -0.2) is 34.1 Å². The maximum atomic E-state index is 14.4. The summed E-state index contributed by atoms with van der Waals surface area (Å²) < 4.78 is 14.4. The van der Waals surface area contributed by atoms with Crippen molar-refractivity contribution in [3.63, 3.8) is 0 Å². The minimum absolute atomic E-state index is 0.0828. The molecule has 1 aliphatic rings. The molecule has 0 bridgehead atoms. The normalized spacial score (nSPS) is 17.2. The molecule has 4 rings (SSSR count). The van der Waals surface area contributed by atoms with Crippen LogP contribution in [0.25, 0.3) is 11.0 Å². The number of halogens is 1. The number of benzene rings is 1. The Morgan fingerprint density at radius 2 is 2.04 bits per heavy atom. The number of fused-ring (bicyclic) bond motifs is 1. The summed E-state index contributed by atoms with van der Waals surface area (Å²) in [5.74, 6) is -0.330. The number of pyridine rings is 1. The second-order valence-corrected chi connectivity index (χ2v) is 6.25. The third-order valence-electron chi connectivity index (χ3n) is 4.43. The second kappa shape index (κ2) is 6.60. The number of hydrogen-bond donors (Lipinski definition) is 2. The van der Waals surface area contributed by atoms with E-state index in [1.807, 2.05) is 23.1 Å². The van der Waals surface area contributed by atoms with Crippen molar-refractivity contribution in [3.8, 4) is 0 Å². The molecule has 1 atom stereocenters. The van der Waals surface area contributed by atoms with Gasteiger partial charge in [0, 0.05) is 38.1 Å². The zero-order valence-corrected chi connectivity index (χ0v) is 13.7. The summed E-state index contributed by atoms with van der Waals surface area (Å²) in [5, 5.41) is 3.29. The minimum atomic E-state index is -0.330. The van der Waals surface area contributed by atoms with Gasteiger partial charge in [-0.05, 0) is 24.1 Å². The number of aromatic nitrogens is 3. The Morgan fingerprint density at radius 1 is 1.20 bits per heavy atom. The summed E-state index contributed by atoms with van der Waals surface area (Å²) in [7, 11) is 0. The van der Waals surface area contributed by atoms with Gasteiger partial charge in [0.2, 0.25) is 0 Å². The van der Waals surface area contributed by atoms with Gasteiger partial charge in [0.15, 0.2) is 5.82 Å². The van der Waals surface area contributed by atoms with Gasteiger partial charge in [0.25, 0.3) is 0 Å². The molecule has 1 unspecified atom stereocenters. The predicted octanol–water partition coefficient (Wildman–Crippen LogP) is 2.31. The molecule has 3 N–H and O–H groups in total. The average molecular weight is 338 g/mol. The molecule has 128 valence electrons. The first-order valence-electron chi connectivity index (χ1n) is 8.28. The van der Waals surface area contributed by atoms with Gasteiger partial charge in [-0.2, -0.15) is 0 Å². The number of rotatable bonds is 4. The number of nitrogens with two attached hydrogens (primary N) is 1. The Morgan fingerprint density at radius 3 is 2.84 bits per heavy atom. The van der Waals surface area contributed by atoms with E-state index in [0.29, 0.717) is 24.5 Å². The molecule has 2 aromatic heterocycles. The molecule has 6 nitrogen and oxygen atoms in total. The molecule has 25 heavy (non-hydrogen) atoms. The molecule has 0 amide bonds. The second-order valence-electron chi connectivity index (χ2n) is 6.25. The van der Waals surface area contributed by atoms with E-state index >= 15 is 0 Å². The first-order chi connectivity index (χ1) is 12.2. The molecule has 0 aliphatic carbocycles. The van der Waals surface area contributed by atoms with Crippen molar-refractivity contribution in [1.29, 1.82) is 0 Å². The molecule has 7 heteroatoms. The van der Waals surface area contributed by atoms with Gasteiger partial charge in [-0.25, -0.2) is 4.39 Å². The van der Waals surface area contributed by atoms with Crippen molar-refractivity contribution in [2.75, 3.05) is 23.3 Å². The molecule has 1 fully saturated rings. The van der Waals surface area contributed by atoms with Crippen LogP contribution in [0.2, 0.25) is 0 Å². The highest BCUT2D eigenvalue weighted by Gasteiger charge is 2.24. The molecular weight excluding hydrogens is 319 g/mol. The van der Waals surface area contributed by atoms with Crippen LogP contribution in [0.15, 0.2) is 43.0 Å². The van der Waals surface area contributed by atoms with Crippen LogP contribution in [0, 0.1) is 5.82 Å². The summed E-state index contributed by atoms with van der Waals surface area (Å²) >= 11 is 0. The van der Waals surface area contributed by atoms with Crippen molar-refractivity contribution < 1.29 is 4.39 Å². The van der Waals surface area contributed by atoms with E-state index < -0.39 is 0 Å². The fourth-order valence-electron chi connectivity index (χ4n) is 3.19. The van der Waals surface area contributed by atoms with E-state index in [2.05, 4.69) is 20.3 Å². The van der Waals surface area contributed by atoms with Gasteiger partial charge in [0.05, 0.1) is 34.8 Å². The van der Waals surface area contributed by atoms with Crippen LogP contribution in [0.1, 0.15) is 12.0 Å². The molecule has 1 aliphatic heterocycles. The lowest BCUT2D eigenvalue weighted by Crippen LogP contribution is -2.27. The fourth-order valence-corrected chi connectivity index (χ4v) is 3.19. The van der Waals surface area contributed by atoms with Crippen LogP contribution in [0.3, 0.4) is 0 Å². The van der Waals surface area contributed by atoms with Gasteiger partial charge in [0.1, 0.15) is 0 Å². The number of anilines is 2. The van der Waals surface area contributed by atoms with E-state index in [1.165, 1.54) is 6.20 Å². The number of hydrogen-bond acceptors (Lipinski definition) is 6. The molecule has 0 saturated carbocycles. The quantitative estimate of drug-likeness (QED) is 0.760. The maximum absolute atomic E-state index is 14.4. The van der Waals surface area contributed by atoms with Gasteiger partial charge < -0.3 is 16.0 Å². The van der Waals surface area contributed by atoms with Gasteiger partial charge >= 0.3 is 0 Å². The third-order valence-corrected chi connectivity index (χ3v) is 4.43. The standard InChI is InChI=1S/C18H19FN6/c19-14-9-21-10-17(18(14)25-6-3-13(20)11-25)24-8-12-1-2-15-16(7-12)23-5-4-22-15/h1-2,4-5,7,9-10,13,24H,3,6,8,11,20H2. The van der Waals surface area contributed by atoms with E-state index in [-0.39, 0.29) is 11.9 Å². The van der Waals surface area contributed by atoms with Crippen LogP contribution in [0.5, 0.6) is 0 Å². The molecule has 3 aromatic rings. The Labute approximate surface area is 144 Å². The van der Waals surface area contributed by atoms with Crippen molar-refractivity contribution in [3.05, 3.63) is 54.4 Å². The van der Waals surface area contributed by atoms with Gasteiger partial charge in [-0.15, -0.1) is 0 Å².